The van der Waals surface area contributed by atoms with Gasteiger partial charge >= 0.3 is 5.97 Å². The quantitative estimate of drug-likeness (QED) is 0.718. The number of carbonyl (C=O) groups excluding carboxylic acids is 1. The van der Waals surface area contributed by atoms with Gasteiger partial charge in [0, 0.05) is 5.56 Å². The van der Waals surface area contributed by atoms with E-state index in [-0.39, 0.29) is 17.9 Å². The number of fused-ring (bicyclic) bond motifs is 1. The molecule has 0 spiro atoms. The van der Waals surface area contributed by atoms with Gasteiger partial charge in [-0.15, -0.1) is 0 Å². The number of hydrogen-bond acceptors (Lipinski definition) is 3. The van der Waals surface area contributed by atoms with Crippen molar-refractivity contribution in [1.82, 2.24) is 0 Å². The summed E-state index contributed by atoms with van der Waals surface area (Å²) in [6.45, 7) is 2.44. The molecule has 4 heteroatoms. The number of halogens is 1. The molecule has 3 nitrogen and oxygen atoms in total. The molecule has 1 atom stereocenters. The Bertz CT molecular complexity index is 694. The van der Waals surface area contributed by atoms with Crippen LogP contribution in [0.25, 0.3) is 0 Å². The maximum atomic E-state index is 12.9. The first-order valence-corrected chi connectivity index (χ1v) is 7.89. The summed E-state index contributed by atoms with van der Waals surface area (Å²) in [7, 11) is 0. The van der Waals surface area contributed by atoms with Crippen LogP contribution in [-0.2, 0) is 11.3 Å². The number of benzene rings is 2. The van der Waals surface area contributed by atoms with Crippen molar-refractivity contribution in [1.29, 1.82) is 0 Å². The van der Waals surface area contributed by atoms with Crippen molar-refractivity contribution in [2.75, 3.05) is 0 Å². The van der Waals surface area contributed by atoms with Crippen LogP contribution < -0.4 is 4.74 Å². The van der Waals surface area contributed by atoms with Crippen molar-refractivity contribution in [3.05, 3.63) is 65.0 Å². The maximum absolute atomic E-state index is 12.9. The average Bonchev–Trinajstić information content (AvgIpc) is 2.88. The second kappa shape index (κ2) is 6.82. The van der Waals surface area contributed by atoms with E-state index in [2.05, 4.69) is 6.92 Å². The highest BCUT2D eigenvalue weighted by molar-refractivity contribution is 5.94. The molecule has 2 aromatic rings. The number of ether oxygens (including phenoxy) is 2. The third kappa shape index (κ3) is 3.52. The van der Waals surface area contributed by atoms with E-state index in [9.17, 15) is 9.18 Å². The van der Waals surface area contributed by atoms with E-state index >= 15 is 0 Å². The van der Waals surface area contributed by atoms with E-state index < -0.39 is 0 Å². The van der Waals surface area contributed by atoms with Crippen molar-refractivity contribution < 1.29 is 18.7 Å². The highest BCUT2D eigenvalue weighted by Crippen LogP contribution is 2.36. The van der Waals surface area contributed by atoms with Gasteiger partial charge in [-0.25, -0.2) is 9.18 Å². The van der Waals surface area contributed by atoms with Crippen LogP contribution in [0.2, 0.25) is 0 Å². The second-order valence-electron chi connectivity index (χ2n) is 5.70. The fourth-order valence-corrected chi connectivity index (χ4v) is 2.69. The lowest BCUT2D eigenvalue weighted by Gasteiger charge is -2.10. The van der Waals surface area contributed by atoms with E-state index in [0.717, 1.165) is 30.4 Å². The Kier molecular flexibility index (Phi) is 4.60. The minimum atomic E-state index is -0.284. The van der Waals surface area contributed by atoms with E-state index in [1.165, 1.54) is 12.1 Å². The van der Waals surface area contributed by atoms with Crippen molar-refractivity contribution in [3.63, 3.8) is 0 Å². The molecule has 1 aliphatic heterocycles. The van der Waals surface area contributed by atoms with Gasteiger partial charge in [-0.3, -0.25) is 0 Å². The Hall–Kier alpha value is -2.36. The first-order valence-electron chi connectivity index (χ1n) is 7.89. The predicted octanol–water partition coefficient (Wildman–Crippen LogP) is 4.81. The molecule has 23 heavy (non-hydrogen) atoms. The molecular weight excluding hydrogens is 295 g/mol. The zero-order valence-electron chi connectivity index (χ0n) is 13.0. The molecule has 0 amide bonds. The molecule has 0 aliphatic carbocycles. The Morgan fingerprint density at radius 2 is 1.96 bits per heavy atom. The standard InChI is InChI=1S/C19H19FO3/c1-2-3-4-18-16-10-9-15(11-17(16)19(21)23-18)22-12-13-5-7-14(20)8-6-13/h5-11,18H,2-4,12H2,1H3. The normalized spacial score (nSPS) is 16.1. The van der Waals surface area contributed by atoms with E-state index in [1.54, 1.807) is 18.2 Å². The van der Waals surface area contributed by atoms with E-state index in [4.69, 9.17) is 9.47 Å². The number of esters is 1. The summed E-state index contributed by atoms with van der Waals surface area (Å²) in [6, 6.07) is 11.6. The first kappa shape index (κ1) is 15.5. The van der Waals surface area contributed by atoms with Gasteiger partial charge in [-0.05, 0) is 42.7 Å². The number of rotatable bonds is 6. The highest BCUT2D eigenvalue weighted by atomic mass is 19.1. The van der Waals surface area contributed by atoms with Gasteiger partial charge in [-0.2, -0.15) is 0 Å². The molecule has 0 bridgehead atoms. The molecule has 0 aromatic heterocycles. The van der Waals surface area contributed by atoms with Gasteiger partial charge in [-0.1, -0.05) is 31.5 Å². The van der Waals surface area contributed by atoms with Gasteiger partial charge < -0.3 is 9.47 Å². The molecule has 1 unspecified atom stereocenters. The molecule has 2 aromatic carbocycles. The van der Waals surface area contributed by atoms with E-state index in [0.29, 0.717) is 17.9 Å². The monoisotopic (exact) mass is 314 g/mol. The number of carbonyl (C=O) groups is 1. The SMILES string of the molecule is CCCCC1OC(=O)c2cc(OCc3ccc(F)cc3)ccc21. The Labute approximate surface area is 135 Å². The van der Waals surface area contributed by atoms with E-state index in [1.807, 2.05) is 12.1 Å². The highest BCUT2D eigenvalue weighted by Gasteiger charge is 2.30. The van der Waals surface area contributed by atoms with Crippen LogP contribution in [0.1, 0.15) is 53.8 Å². The molecule has 1 heterocycles. The van der Waals surface area contributed by atoms with Gasteiger partial charge in [0.1, 0.15) is 24.3 Å². The fraction of sp³-hybridized carbons (Fsp3) is 0.316. The van der Waals surface area contributed by atoms with Crippen LogP contribution in [0.3, 0.4) is 0 Å². The molecule has 0 saturated carbocycles. The summed E-state index contributed by atoms with van der Waals surface area (Å²) in [5.41, 5.74) is 2.40. The van der Waals surface area contributed by atoms with Crippen LogP contribution in [0.4, 0.5) is 4.39 Å². The van der Waals surface area contributed by atoms with Crippen LogP contribution in [0.15, 0.2) is 42.5 Å². The first-order chi connectivity index (χ1) is 11.2. The number of cyclic esters (lactones) is 1. The number of hydrogen-bond donors (Lipinski definition) is 0. The minimum Gasteiger partial charge on any atom is -0.489 e. The maximum Gasteiger partial charge on any atom is 0.339 e. The molecule has 1 aliphatic rings. The Morgan fingerprint density at radius 1 is 1.17 bits per heavy atom. The van der Waals surface area contributed by atoms with Crippen molar-refractivity contribution in [3.8, 4) is 5.75 Å². The lowest BCUT2D eigenvalue weighted by Crippen LogP contribution is -1.98. The molecule has 0 N–H and O–H groups in total. The van der Waals surface area contributed by atoms with Gasteiger partial charge in [0.25, 0.3) is 0 Å². The molecule has 0 saturated heterocycles. The largest absolute Gasteiger partial charge is 0.489 e. The lowest BCUT2D eigenvalue weighted by atomic mass is 10.0. The predicted molar refractivity (Wildman–Crippen MR) is 84.9 cm³/mol. The van der Waals surface area contributed by atoms with Crippen LogP contribution in [-0.4, -0.2) is 5.97 Å². The molecule has 0 fully saturated rings. The molecular formula is C19H19FO3. The number of unbranched alkanes of at least 4 members (excludes halogenated alkanes) is 1. The summed E-state index contributed by atoms with van der Waals surface area (Å²) in [5, 5.41) is 0. The molecule has 3 rings (SSSR count). The summed E-state index contributed by atoms with van der Waals surface area (Å²) < 4.78 is 24.0. The van der Waals surface area contributed by atoms with Crippen molar-refractivity contribution >= 4 is 5.97 Å². The average molecular weight is 314 g/mol. The summed E-state index contributed by atoms with van der Waals surface area (Å²) in [6.07, 6.45) is 2.82. The zero-order chi connectivity index (χ0) is 16.2. The fourth-order valence-electron chi connectivity index (χ4n) is 2.69. The lowest BCUT2D eigenvalue weighted by molar-refractivity contribution is 0.0364. The smallest absolute Gasteiger partial charge is 0.339 e. The van der Waals surface area contributed by atoms with Gasteiger partial charge in [0.15, 0.2) is 0 Å². The summed E-state index contributed by atoms with van der Waals surface area (Å²) in [4.78, 5) is 12.0. The third-order valence-electron chi connectivity index (χ3n) is 3.98. The Morgan fingerprint density at radius 3 is 2.70 bits per heavy atom. The molecule has 0 radical (unpaired) electrons. The van der Waals surface area contributed by atoms with Crippen LogP contribution in [0.5, 0.6) is 5.75 Å². The Balaban J connectivity index is 1.70. The van der Waals surface area contributed by atoms with Crippen molar-refractivity contribution in [2.45, 2.75) is 38.9 Å². The second-order valence-corrected chi connectivity index (χ2v) is 5.70. The van der Waals surface area contributed by atoms with Crippen LogP contribution in [0, 0.1) is 5.82 Å². The van der Waals surface area contributed by atoms with Crippen LogP contribution >= 0.6 is 0 Å². The topological polar surface area (TPSA) is 35.5 Å². The molecule has 120 valence electrons. The van der Waals surface area contributed by atoms with Crippen molar-refractivity contribution in [2.24, 2.45) is 0 Å². The minimum absolute atomic E-state index is 0.136. The third-order valence-corrected chi connectivity index (χ3v) is 3.98. The summed E-state index contributed by atoms with van der Waals surface area (Å²) >= 11 is 0. The zero-order valence-corrected chi connectivity index (χ0v) is 13.0. The van der Waals surface area contributed by atoms with Gasteiger partial charge in [0.05, 0.1) is 5.56 Å². The summed E-state index contributed by atoms with van der Waals surface area (Å²) in [5.74, 6) is 0.0571. The van der Waals surface area contributed by atoms with Gasteiger partial charge in [0.2, 0.25) is 0 Å².